The van der Waals surface area contributed by atoms with Gasteiger partial charge in [-0.05, 0) is 57.4 Å². The summed E-state index contributed by atoms with van der Waals surface area (Å²) in [7, 11) is 0. The quantitative estimate of drug-likeness (QED) is 0.386. The summed E-state index contributed by atoms with van der Waals surface area (Å²) in [5.74, 6) is -4.37. The monoisotopic (exact) mass is 548 g/mol. The molecule has 0 radical (unpaired) electrons. The van der Waals surface area contributed by atoms with Crippen LogP contribution in [0.15, 0.2) is 54.6 Å². The average Bonchev–Trinajstić information content (AvgIpc) is 3.29. The zero-order chi connectivity index (χ0) is 29.5. The van der Waals surface area contributed by atoms with Crippen molar-refractivity contribution in [2.45, 2.75) is 70.9 Å². The second kappa shape index (κ2) is 10.5. The second-order valence-electron chi connectivity index (χ2n) is 11.6. The van der Waals surface area contributed by atoms with Crippen LogP contribution in [0.2, 0.25) is 0 Å². The number of rotatable bonds is 7. The number of fused-ring (bicyclic) bond motifs is 2. The van der Waals surface area contributed by atoms with E-state index < -0.39 is 58.4 Å². The number of carbonyl (C=O) groups excluding carboxylic acids is 5. The molecule has 9 heteroatoms. The predicted octanol–water partition coefficient (Wildman–Crippen LogP) is 4.82. The number of para-hydroxylation sites is 2. The molecule has 1 saturated carbocycles. The van der Waals surface area contributed by atoms with Crippen LogP contribution in [0, 0.1) is 11.8 Å². The molecule has 1 fully saturated rings. The van der Waals surface area contributed by atoms with Crippen molar-refractivity contribution in [3.63, 3.8) is 0 Å². The minimum Gasteiger partial charge on any atom is -0.466 e. The van der Waals surface area contributed by atoms with Gasteiger partial charge in [0.2, 0.25) is 0 Å². The molecule has 0 unspecified atom stereocenters. The number of hydrogen-bond acceptors (Lipinski definition) is 8. The number of anilines is 2. The van der Waals surface area contributed by atoms with E-state index in [9.17, 15) is 24.0 Å². The molecule has 1 N–H and O–H groups in total. The van der Waals surface area contributed by atoms with E-state index in [0.717, 1.165) is 4.90 Å². The molecular weight excluding hydrogens is 512 g/mol. The number of nitrogens with zero attached hydrogens (tertiary/aromatic N) is 1. The highest BCUT2D eigenvalue weighted by Crippen LogP contribution is 2.60. The molecule has 0 bridgehead atoms. The SMILES string of the molecule is CCOC(=O)[C@@H]1CC(=O)[C@](Nc2ccccc2)(C(=O)CC(C)C)[C@@]12C(=O)N(C(=O)OC(C)(C)C)c1ccccc12. The lowest BCUT2D eigenvalue weighted by molar-refractivity contribution is -0.153. The number of ketones is 2. The minimum absolute atomic E-state index is 0.00424. The van der Waals surface area contributed by atoms with E-state index in [0.29, 0.717) is 5.69 Å². The number of Topliss-reactive ketones (excluding diaryl/α,β-unsaturated/α-hetero) is 2. The Labute approximate surface area is 234 Å². The molecule has 9 nitrogen and oxygen atoms in total. The number of imide groups is 1. The van der Waals surface area contributed by atoms with E-state index in [1.807, 2.05) is 13.8 Å². The first kappa shape index (κ1) is 29.0. The van der Waals surface area contributed by atoms with Crippen LogP contribution >= 0.6 is 0 Å². The third-order valence-corrected chi connectivity index (χ3v) is 7.30. The molecule has 2 aromatic carbocycles. The molecule has 2 amide bonds. The van der Waals surface area contributed by atoms with Gasteiger partial charge < -0.3 is 14.8 Å². The maximum Gasteiger partial charge on any atom is 0.421 e. The van der Waals surface area contributed by atoms with Crippen LogP contribution in [0.5, 0.6) is 0 Å². The summed E-state index contributed by atoms with van der Waals surface area (Å²) in [6.07, 6.45) is -1.44. The van der Waals surface area contributed by atoms with E-state index in [-0.39, 0.29) is 30.2 Å². The van der Waals surface area contributed by atoms with Gasteiger partial charge in [-0.25, -0.2) is 9.69 Å². The normalized spacial score (nSPS) is 23.9. The van der Waals surface area contributed by atoms with Crippen molar-refractivity contribution < 1.29 is 33.4 Å². The Morgan fingerprint density at radius 1 is 1.02 bits per heavy atom. The Kier molecular flexibility index (Phi) is 7.62. The maximum atomic E-state index is 14.8. The van der Waals surface area contributed by atoms with Gasteiger partial charge in [-0.2, -0.15) is 0 Å². The molecule has 0 aromatic heterocycles. The molecule has 3 atom stereocenters. The molecule has 2 aromatic rings. The molecule has 40 heavy (non-hydrogen) atoms. The van der Waals surface area contributed by atoms with Crippen molar-refractivity contribution in [3.8, 4) is 0 Å². The maximum absolute atomic E-state index is 14.8. The third-order valence-electron chi connectivity index (χ3n) is 7.30. The standard InChI is InChI=1S/C31H36N2O7/c1-7-39-26(36)22-18-25(35)31(24(34)17-19(2)3,32-20-13-9-8-10-14-20)30(22)21-15-11-12-16-23(21)33(27(30)37)28(38)40-29(4,5)6/h8-16,19,22,32H,7,17-18H2,1-6H3/t22-,30+,31+/m0/s1. The molecule has 1 aliphatic carbocycles. The Bertz CT molecular complexity index is 1350. The average molecular weight is 549 g/mol. The lowest BCUT2D eigenvalue weighted by Crippen LogP contribution is -2.68. The molecule has 1 aliphatic heterocycles. The first-order chi connectivity index (χ1) is 18.8. The van der Waals surface area contributed by atoms with E-state index in [1.165, 1.54) is 0 Å². The fraction of sp³-hybridized carbons (Fsp3) is 0.452. The summed E-state index contributed by atoms with van der Waals surface area (Å²) in [5, 5.41) is 3.14. The number of hydrogen-bond donors (Lipinski definition) is 1. The fourth-order valence-corrected chi connectivity index (χ4v) is 5.94. The van der Waals surface area contributed by atoms with Crippen molar-refractivity contribution in [2.24, 2.45) is 11.8 Å². The molecule has 2 aliphatic rings. The van der Waals surface area contributed by atoms with Crippen molar-refractivity contribution >= 4 is 40.9 Å². The topological polar surface area (TPSA) is 119 Å². The van der Waals surface area contributed by atoms with Gasteiger partial charge in [0.05, 0.1) is 18.2 Å². The number of esters is 1. The first-order valence-electron chi connectivity index (χ1n) is 13.5. The van der Waals surface area contributed by atoms with E-state index in [2.05, 4.69) is 5.32 Å². The van der Waals surface area contributed by atoms with Gasteiger partial charge >= 0.3 is 12.1 Å². The number of nitrogens with one attached hydrogen (secondary N) is 1. The van der Waals surface area contributed by atoms with Crippen molar-refractivity contribution in [1.29, 1.82) is 0 Å². The van der Waals surface area contributed by atoms with Crippen LogP contribution in [0.1, 0.15) is 59.9 Å². The molecule has 212 valence electrons. The molecular formula is C31H36N2O7. The van der Waals surface area contributed by atoms with Crippen molar-refractivity contribution in [2.75, 3.05) is 16.8 Å². The van der Waals surface area contributed by atoms with Gasteiger partial charge in [-0.1, -0.05) is 50.2 Å². The van der Waals surface area contributed by atoms with E-state index in [4.69, 9.17) is 9.47 Å². The van der Waals surface area contributed by atoms with Crippen LogP contribution in [0.3, 0.4) is 0 Å². The lowest BCUT2D eigenvalue weighted by Gasteiger charge is -2.43. The van der Waals surface area contributed by atoms with E-state index >= 15 is 0 Å². The van der Waals surface area contributed by atoms with Crippen LogP contribution in [-0.2, 0) is 34.1 Å². The molecule has 0 saturated heterocycles. The summed E-state index contributed by atoms with van der Waals surface area (Å²) in [6, 6.07) is 15.0. The number of benzene rings is 2. The number of carbonyl (C=O) groups is 5. The van der Waals surface area contributed by atoms with Gasteiger partial charge in [0, 0.05) is 18.5 Å². The van der Waals surface area contributed by atoms with Gasteiger partial charge in [0.25, 0.3) is 5.91 Å². The Hall–Kier alpha value is -4.01. The zero-order valence-corrected chi connectivity index (χ0v) is 23.8. The first-order valence-corrected chi connectivity index (χ1v) is 13.5. The van der Waals surface area contributed by atoms with Crippen molar-refractivity contribution in [3.05, 3.63) is 60.2 Å². The zero-order valence-electron chi connectivity index (χ0n) is 23.8. The van der Waals surface area contributed by atoms with E-state index in [1.54, 1.807) is 82.3 Å². The highest BCUT2D eigenvalue weighted by atomic mass is 16.6. The predicted molar refractivity (Wildman–Crippen MR) is 149 cm³/mol. The fourth-order valence-electron chi connectivity index (χ4n) is 5.94. The Balaban J connectivity index is 2.08. The molecule has 1 heterocycles. The third kappa shape index (κ3) is 4.47. The largest absolute Gasteiger partial charge is 0.466 e. The summed E-state index contributed by atoms with van der Waals surface area (Å²) < 4.78 is 11.0. The van der Waals surface area contributed by atoms with Crippen LogP contribution < -0.4 is 10.2 Å². The van der Waals surface area contributed by atoms with Crippen LogP contribution in [0.25, 0.3) is 0 Å². The smallest absolute Gasteiger partial charge is 0.421 e. The van der Waals surface area contributed by atoms with Crippen molar-refractivity contribution in [1.82, 2.24) is 0 Å². The summed E-state index contributed by atoms with van der Waals surface area (Å²) in [5.41, 5.74) is -4.46. The second-order valence-corrected chi connectivity index (χ2v) is 11.6. The van der Waals surface area contributed by atoms with Crippen LogP contribution in [-0.4, -0.2) is 47.3 Å². The minimum atomic E-state index is -2.19. The molecule has 1 spiro atoms. The van der Waals surface area contributed by atoms with Gasteiger partial charge in [0.15, 0.2) is 17.1 Å². The number of ether oxygens (including phenoxy) is 2. The Morgan fingerprint density at radius 2 is 1.65 bits per heavy atom. The summed E-state index contributed by atoms with van der Waals surface area (Å²) >= 11 is 0. The molecule has 4 rings (SSSR count). The van der Waals surface area contributed by atoms with Gasteiger partial charge in [-0.15, -0.1) is 0 Å². The highest BCUT2D eigenvalue weighted by molar-refractivity contribution is 6.32. The highest BCUT2D eigenvalue weighted by Gasteiger charge is 2.79. The van der Waals surface area contributed by atoms with Gasteiger partial charge in [-0.3, -0.25) is 19.2 Å². The summed E-state index contributed by atoms with van der Waals surface area (Å²) in [4.78, 5) is 71.6. The lowest BCUT2D eigenvalue weighted by atomic mass is 9.60. The number of amides is 2. The summed E-state index contributed by atoms with van der Waals surface area (Å²) in [6.45, 7) is 10.3. The van der Waals surface area contributed by atoms with Gasteiger partial charge in [0.1, 0.15) is 11.0 Å². The van der Waals surface area contributed by atoms with Crippen LogP contribution in [0.4, 0.5) is 16.2 Å². The Morgan fingerprint density at radius 3 is 2.25 bits per heavy atom.